The number of likely N-dealkylation sites (tertiary alicyclic amines) is 1. The molecule has 3 aromatic rings. The van der Waals surface area contributed by atoms with Gasteiger partial charge in [0, 0.05) is 37.5 Å². The Morgan fingerprint density at radius 2 is 1.90 bits per heavy atom. The van der Waals surface area contributed by atoms with Crippen LogP contribution in [0.15, 0.2) is 21.6 Å². The van der Waals surface area contributed by atoms with E-state index in [9.17, 15) is 44.3 Å². The maximum atomic E-state index is 15.7. The van der Waals surface area contributed by atoms with Crippen LogP contribution in [0.5, 0.6) is 0 Å². The minimum atomic E-state index is -5.29. The molecule has 3 heterocycles. The number of aliphatic hydroxyl groups is 1. The van der Waals surface area contributed by atoms with Gasteiger partial charge in [0.25, 0.3) is 12.3 Å². The molecule has 4 rings (SSSR count). The number of aliphatic hydroxyl groups excluding tert-OH is 1. The van der Waals surface area contributed by atoms with Crippen LogP contribution in [0.1, 0.15) is 63.6 Å². The lowest BCUT2D eigenvalue weighted by atomic mass is 9.88. The minimum absolute atomic E-state index is 0.0287. The number of halogens is 8. The second-order valence-electron chi connectivity index (χ2n) is 12.0. The van der Waals surface area contributed by atoms with E-state index in [1.165, 1.54) is 16.7 Å². The summed E-state index contributed by atoms with van der Waals surface area (Å²) >= 11 is 0.669. The number of rotatable bonds is 13. The summed E-state index contributed by atoms with van der Waals surface area (Å²) in [4.78, 5) is 8.36. The number of sulfonamides is 1. The number of hydrogen-bond donors (Lipinski definition) is 2. The summed E-state index contributed by atoms with van der Waals surface area (Å²) in [6, 6.07) is -1.26. The van der Waals surface area contributed by atoms with Crippen LogP contribution in [0.3, 0.4) is 0 Å². The molecule has 0 spiro atoms. The molecule has 0 aliphatic carbocycles. The van der Waals surface area contributed by atoms with Crippen LogP contribution >= 0.6 is 11.3 Å². The average molecular weight is 736 g/mol. The minimum Gasteiger partial charge on any atom is -0.368 e. The highest BCUT2D eigenvalue weighted by atomic mass is 32.2. The number of thiazole rings is 1. The Morgan fingerprint density at radius 3 is 2.48 bits per heavy atom. The number of piperidine rings is 1. The Hall–Kier alpha value is -2.78. The topological polar surface area (TPSA) is 131 Å². The van der Waals surface area contributed by atoms with Crippen LogP contribution in [-0.2, 0) is 27.7 Å². The van der Waals surface area contributed by atoms with Gasteiger partial charge in [-0.05, 0) is 25.5 Å². The van der Waals surface area contributed by atoms with E-state index >= 15 is 4.39 Å². The van der Waals surface area contributed by atoms with Crippen molar-refractivity contribution in [3.05, 3.63) is 35.1 Å². The van der Waals surface area contributed by atoms with Crippen molar-refractivity contribution in [2.24, 2.45) is 5.41 Å². The van der Waals surface area contributed by atoms with E-state index in [2.05, 4.69) is 15.1 Å². The van der Waals surface area contributed by atoms with Crippen molar-refractivity contribution in [1.29, 1.82) is 0 Å². The summed E-state index contributed by atoms with van der Waals surface area (Å²) < 4.78 is 150. The number of ether oxygens (including phenoxy) is 1. The van der Waals surface area contributed by atoms with Crippen molar-refractivity contribution in [2.75, 3.05) is 20.2 Å². The van der Waals surface area contributed by atoms with Crippen molar-refractivity contribution in [1.82, 2.24) is 24.7 Å². The fourth-order valence-electron chi connectivity index (χ4n) is 5.19. The summed E-state index contributed by atoms with van der Waals surface area (Å²) in [7, 11) is -3.99. The molecule has 268 valence electrons. The van der Waals surface area contributed by atoms with Crippen molar-refractivity contribution in [2.45, 2.75) is 88.8 Å². The Labute approximate surface area is 274 Å². The van der Waals surface area contributed by atoms with Crippen LogP contribution in [0.4, 0.5) is 35.1 Å². The zero-order valence-corrected chi connectivity index (χ0v) is 27.7. The summed E-state index contributed by atoms with van der Waals surface area (Å²) in [5, 5.41) is 13.9. The fraction of sp³-hybridized carbons (Fsp3) is 0.607. The molecule has 20 heteroatoms. The predicted octanol–water partition coefficient (Wildman–Crippen LogP) is 6.32. The average Bonchev–Trinajstić information content (AvgIpc) is 3.60. The third kappa shape index (κ3) is 8.50. The van der Waals surface area contributed by atoms with Crippen LogP contribution in [0.2, 0.25) is 0 Å². The Kier molecular flexibility index (Phi) is 11.3. The molecule has 1 unspecified atom stereocenters. The quantitative estimate of drug-likeness (QED) is 0.153. The maximum Gasteiger partial charge on any atom is 0.404 e. The van der Waals surface area contributed by atoms with Gasteiger partial charge in [-0.15, -0.1) is 11.3 Å². The monoisotopic (exact) mass is 735 g/mol. The third-order valence-corrected chi connectivity index (χ3v) is 10.3. The fourth-order valence-corrected chi connectivity index (χ4v) is 7.63. The lowest BCUT2D eigenvalue weighted by Gasteiger charge is -2.32. The van der Waals surface area contributed by atoms with E-state index in [1.54, 1.807) is 13.8 Å². The molecular formula is C28H33F8N5O5S2. The molecule has 10 nitrogen and oxygen atoms in total. The standard InChI is InChI=1S/C28H33F8N5O5S2/c1-5-17(28(34,35)36)40-48(43,44)16-8-7-14(19(20(16)29)22(30)31)21-15(12-41-10-6-9-27(32,33)13-41)37-24(47-21)23-38-18(46-39-23)11-26(2,3)25(42)45-4/h7-8,17,22,25,40,42H,5-6,9-13H2,1-4H3/t17-,25?/m0/s1. The van der Waals surface area contributed by atoms with E-state index in [4.69, 9.17) is 9.26 Å². The number of nitrogens with zero attached hydrogens (tertiary/aromatic N) is 4. The first-order chi connectivity index (χ1) is 22.2. The first kappa shape index (κ1) is 38.0. The van der Waals surface area contributed by atoms with E-state index in [0.717, 1.165) is 13.0 Å². The molecule has 2 N–H and O–H groups in total. The largest absolute Gasteiger partial charge is 0.404 e. The van der Waals surface area contributed by atoms with E-state index in [1.807, 2.05) is 0 Å². The molecule has 2 aromatic heterocycles. The highest BCUT2D eigenvalue weighted by molar-refractivity contribution is 7.89. The van der Waals surface area contributed by atoms with Gasteiger partial charge in [0.1, 0.15) is 10.9 Å². The summed E-state index contributed by atoms with van der Waals surface area (Å²) in [5.74, 6) is -5.15. The van der Waals surface area contributed by atoms with Crippen molar-refractivity contribution in [3.8, 4) is 21.3 Å². The molecule has 1 fully saturated rings. The highest BCUT2D eigenvalue weighted by Crippen LogP contribution is 2.43. The van der Waals surface area contributed by atoms with Crippen LogP contribution < -0.4 is 4.72 Å². The molecule has 0 saturated carbocycles. The van der Waals surface area contributed by atoms with Crippen molar-refractivity contribution < 1.29 is 57.9 Å². The van der Waals surface area contributed by atoms with Gasteiger partial charge in [-0.25, -0.2) is 35.4 Å². The van der Waals surface area contributed by atoms with Crippen LogP contribution in [-0.4, -0.2) is 78.2 Å². The van der Waals surface area contributed by atoms with Gasteiger partial charge < -0.3 is 14.4 Å². The predicted molar refractivity (Wildman–Crippen MR) is 156 cm³/mol. The summed E-state index contributed by atoms with van der Waals surface area (Å²) in [5.41, 5.74) is -2.95. The van der Waals surface area contributed by atoms with Gasteiger partial charge >= 0.3 is 6.18 Å². The van der Waals surface area contributed by atoms with Crippen LogP contribution in [0, 0.1) is 11.2 Å². The Bertz CT molecular complexity index is 1700. The Morgan fingerprint density at radius 1 is 1.21 bits per heavy atom. The molecule has 0 radical (unpaired) electrons. The van der Waals surface area contributed by atoms with Gasteiger partial charge in [-0.2, -0.15) is 22.9 Å². The first-order valence-corrected chi connectivity index (χ1v) is 16.8. The maximum absolute atomic E-state index is 15.7. The number of hydrogen-bond acceptors (Lipinski definition) is 10. The van der Waals surface area contributed by atoms with Crippen LogP contribution in [0.25, 0.3) is 21.3 Å². The molecule has 0 bridgehead atoms. The van der Waals surface area contributed by atoms with E-state index in [-0.39, 0.29) is 59.6 Å². The smallest absolute Gasteiger partial charge is 0.368 e. The SMILES string of the molecule is CC[C@H](NS(=O)(=O)c1ccc(-c2sc(-c3noc(CC(C)(C)C(O)OC)n3)nc2CN2CCCC(F)(F)C2)c(C(F)F)c1F)C(F)(F)F. The third-order valence-electron chi connectivity index (χ3n) is 7.70. The summed E-state index contributed by atoms with van der Waals surface area (Å²) in [6.07, 6.45) is -10.9. The van der Waals surface area contributed by atoms with E-state index < -0.39 is 81.1 Å². The molecule has 1 aliphatic heterocycles. The number of alkyl halides is 7. The van der Waals surface area contributed by atoms with Gasteiger partial charge in [0.2, 0.25) is 21.7 Å². The second kappa shape index (κ2) is 14.2. The zero-order valence-electron chi connectivity index (χ0n) is 26.0. The number of aromatic nitrogens is 3. The lowest BCUT2D eigenvalue weighted by molar-refractivity contribution is -0.151. The number of nitrogens with one attached hydrogen (secondary N) is 1. The first-order valence-electron chi connectivity index (χ1n) is 14.5. The second-order valence-corrected chi connectivity index (χ2v) is 14.7. The number of benzene rings is 1. The molecule has 48 heavy (non-hydrogen) atoms. The van der Waals surface area contributed by atoms with Crippen molar-refractivity contribution in [3.63, 3.8) is 0 Å². The highest BCUT2D eigenvalue weighted by Gasteiger charge is 2.42. The molecule has 1 aliphatic rings. The summed E-state index contributed by atoms with van der Waals surface area (Å²) in [6.45, 7) is 3.55. The molecule has 1 saturated heterocycles. The van der Waals surface area contributed by atoms with Gasteiger partial charge in [-0.3, -0.25) is 4.90 Å². The molecular weight excluding hydrogens is 702 g/mol. The molecule has 2 atom stereocenters. The van der Waals surface area contributed by atoms with Gasteiger partial charge in [0.05, 0.1) is 22.7 Å². The Balaban J connectivity index is 1.81. The normalized spacial score (nSPS) is 17.6. The molecule has 0 amide bonds. The van der Waals surface area contributed by atoms with Crippen molar-refractivity contribution >= 4 is 21.4 Å². The van der Waals surface area contributed by atoms with E-state index in [0.29, 0.717) is 17.4 Å². The lowest BCUT2D eigenvalue weighted by Crippen LogP contribution is -2.45. The molecule has 1 aromatic carbocycles. The van der Waals surface area contributed by atoms with Gasteiger partial charge in [0.15, 0.2) is 17.1 Å². The number of methoxy groups -OCH3 is 1. The van der Waals surface area contributed by atoms with Gasteiger partial charge in [-0.1, -0.05) is 32.0 Å². The zero-order chi connectivity index (χ0) is 35.8.